The zero-order valence-corrected chi connectivity index (χ0v) is 9.53. The fraction of sp³-hybridized carbons (Fsp3) is 0.364. The number of benzene rings is 1. The first-order valence-electron chi connectivity index (χ1n) is 4.84. The minimum atomic E-state index is -1.08. The molecule has 0 aromatic heterocycles. The van der Waals surface area contributed by atoms with E-state index in [1.807, 2.05) is 0 Å². The average molecular weight is 226 g/mol. The van der Waals surface area contributed by atoms with Gasteiger partial charge in [-0.25, -0.2) is 4.79 Å². The quantitative estimate of drug-likeness (QED) is 0.591. The molecule has 0 heterocycles. The predicted molar refractivity (Wildman–Crippen MR) is 60.7 cm³/mol. The molecule has 0 unspecified atom stereocenters. The second-order valence-electron chi connectivity index (χ2n) is 4.32. The minimum Gasteiger partial charge on any atom is -0.442 e. The number of carbonyl (C=O) groups excluding carboxylic acids is 1. The lowest BCUT2D eigenvalue weighted by molar-refractivity contribution is 0.0501. The molecule has 5 heteroatoms. The number of anilines is 2. The van der Waals surface area contributed by atoms with Gasteiger partial charge < -0.3 is 10.5 Å². The summed E-state index contributed by atoms with van der Waals surface area (Å²) < 4.78 is 18.5. The van der Waals surface area contributed by atoms with E-state index in [9.17, 15) is 9.28 Å². The predicted octanol–water partition coefficient (Wildman–Crippen LogP) is 2.89. The van der Waals surface area contributed by atoms with Gasteiger partial charge in [0.1, 0.15) is 11.3 Å². The Kier molecular flexibility index (Phi) is 3.37. The summed E-state index contributed by atoms with van der Waals surface area (Å²) in [5, 5.41) is -0.0966. The second-order valence-corrected chi connectivity index (χ2v) is 4.32. The van der Waals surface area contributed by atoms with Gasteiger partial charge in [0.05, 0.1) is 5.69 Å². The zero-order chi connectivity index (χ0) is 12.3. The molecular weight excluding hydrogens is 211 g/mol. The summed E-state index contributed by atoms with van der Waals surface area (Å²) in [7, 11) is 0. The fourth-order valence-corrected chi connectivity index (χ4v) is 1.07. The molecule has 0 radical (unpaired) electrons. The van der Waals surface area contributed by atoms with Crippen molar-refractivity contribution in [2.75, 3.05) is 10.9 Å². The van der Waals surface area contributed by atoms with Gasteiger partial charge in [0.25, 0.3) is 0 Å². The molecular formula is C11H15FN2O2. The molecule has 0 aliphatic heterocycles. The summed E-state index contributed by atoms with van der Waals surface area (Å²) >= 11 is 0. The van der Waals surface area contributed by atoms with Crippen LogP contribution in [0.1, 0.15) is 20.8 Å². The van der Waals surface area contributed by atoms with Gasteiger partial charge in [-0.15, -0.1) is 5.12 Å². The van der Waals surface area contributed by atoms with Crippen LogP contribution in [0.5, 0.6) is 0 Å². The molecule has 0 spiro atoms. The van der Waals surface area contributed by atoms with Gasteiger partial charge in [-0.3, -0.25) is 0 Å². The molecule has 1 aromatic carbocycles. The number of nitrogens with two attached hydrogens (primary N) is 1. The number of hydrogen-bond donors (Lipinski definition) is 1. The second kappa shape index (κ2) is 4.38. The van der Waals surface area contributed by atoms with E-state index in [0.717, 1.165) is 0 Å². The first-order chi connectivity index (χ1) is 7.31. The summed E-state index contributed by atoms with van der Waals surface area (Å²) in [4.78, 5) is 11.4. The molecule has 0 aliphatic carbocycles. The monoisotopic (exact) mass is 226 g/mol. The SMILES string of the molecule is CC(C)(C)OC(=O)N(F)c1ccccc1N. The number of nitrogens with zero attached hydrogens (tertiary/aromatic N) is 1. The molecule has 16 heavy (non-hydrogen) atoms. The molecule has 1 aromatic rings. The maximum absolute atomic E-state index is 13.6. The largest absolute Gasteiger partial charge is 0.443 e. The maximum atomic E-state index is 13.6. The molecule has 0 fully saturated rings. The third kappa shape index (κ3) is 3.12. The number of rotatable bonds is 1. The van der Waals surface area contributed by atoms with Crippen LogP contribution in [0.15, 0.2) is 24.3 Å². The first kappa shape index (κ1) is 12.3. The van der Waals surface area contributed by atoms with Crippen LogP contribution in [-0.4, -0.2) is 11.7 Å². The third-order valence-electron chi connectivity index (χ3n) is 1.70. The van der Waals surface area contributed by atoms with Crippen LogP contribution in [0.25, 0.3) is 0 Å². The van der Waals surface area contributed by atoms with Crippen molar-refractivity contribution < 1.29 is 14.0 Å². The van der Waals surface area contributed by atoms with Gasteiger partial charge in [0, 0.05) is 0 Å². The molecule has 0 saturated heterocycles. The van der Waals surface area contributed by atoms with Crippen molar-refractivity contribution in [2.45, 2.75) is 26.4 Å². The summed E-state index contributed by atoms with van der Waals surface area (Å²) in [5.41, 5.74) is 4.95. The number of halogens is 1. The Hall–Kier alpha value is -1.78. The highest BCUT2D eigenvalue weighted by molar-refractivity contribution is 5.89. The summed E-state index contributed by atoms with van der Waals surface area (Å²) in [5.74, 6) is 0. The number of ether oxygens (including phenoxy) is 1. The Labute approximate surface area is 93.7 Å². The number of para-hydroxylation sites is 2. The normalized spacial score (nSPS) is 11.0. The number of hydrogen-bond acceptors (Lipinski definition) is 3. The number of amides is 1. The van der Waals surface area contributed by atoms with Crippen molar-refractivity contribution >= 4 is 17.5 Å². The lowest BCUT2D eigenvalue weighted by atomic mass is 10.2. The highest BCUT2D eigenvalue weighted by Gasteiger charge is 2.24. The smallest absolute Gasteiger partial charge is 0.442 e. The zero-order valence-electron chi connectivity index (χ0n) is 9.53. The topological polar surface area (TPSA) is 55.6 Å². The average Bonchev–Trinajstić information content (AvgIpc) is 2.15. The van der Waals surface area contributed by atoms with Crippen molar-refractivity contribution in [3.05, 3.63) is 24.3 Å². The van der Waals surface area contributed by atoms with E-state index in [1.54, 1.807) is 32.9 Å². The Balaban J connectivity index is 2.83. The highest BCUT2D eigenvalue weighted by atomic mass is 19.2. The summed E-state index contributed by atoms with van der Waals surface area (Å²) in [6.45, 7) is 4.98. The highest BCUT2D eigenvalue weighted by Crippen LogP contribution is 2.24. The van der Waals surface area contributed by atoms with Gasteiger partial charge in [-0.2, -0.15) is 0 Å². The molecule has 88 valence electrons. The molecule has 0 atom stereocenters. The van der Waals surface area contributed by atoms with Gasteiger partial charge in [-0.1, -0.05) is 16.6 Å². The lowest BCUT2D eigenvalue weighted by Gasteiger charge is -2.22. The van der Waals surface area contributed by atoms with Crippen LogP contribution >= 0.6 is 0 Å². The van der Waals surface area contributed by atoms with Crippen LogP contribution in [0.2, 0.25) is 0 Å². The van der Waals surface area contributed by atoms with Crippen LogP contribution in [-0.2, 0) is 4.74 Å². The maximum Gasteiger partial charge on any atom is 0.443 e. The van der Waals surface area contributed by atoms with Gasteiger partial charge in [0.15, 0.2) is 0 Å². The van der Waals surface area contributed by atoms with Crippen LogP contribution < -0.4 is 10.9 Å². The molecule has 1 rings (SSSR count). The van der Waals surface area contributed by atoms with E-state index in [2.05, 4.69) is 0 Å². The van der Waals surface area contributed by atoms with E-state index in [-0.39, 0.29) is 16.5 Å². The van der Waals surface area contributed by atoms with Gasteiger partial charge >= 0.3 is 6.09 Å². The molecule has 4 nitrogen and oxygen atoms in total. The van der Waals surface area contributed by atoms with Crippen LogP contribution in [0, 0.1) is 0 Å². The first-order valence-corrected chi connectivity index (χ1v) is 4.84. The summed E-state index contributed by atoms with van der Waals surface area (Å²) in [6, 6.07) is 6.15. The van der Waals surface area contributed by atoms with Crippen molar-refractivity contribution in [2.24, 2.45) is 0 Å². The van der Waals surface area contributed by atoms with E-state index in [0.29, 0.717) is 0 Å². The van der Waals surface area contributed by atoms with Crippen molar-refractivity contribution in [1.82, 2.24) is 0 Å². The number of nitrogen functional groups attached to an aromatic ring is 1. The third-order valence-corrected chi connectivity index (χ3v) is 1.70. The summed E-state index contributed by atoms with van der Waals surface area (Å²) in [6.07, 6.45) is -1.08. The Bertz CT molecular complexity index is 388. The lowest BCUT2D eigenvalue weighted by Crippen LogP contribution is -2.32. The van der Waals surface area contributed by atoms with E-state index < -0.39 is 11.7 Å². The standard InChI is InChI=1S/C11H15FN2O2/c1-11(2,3)16-10(15)14(12)9-7-5-4-6-8(9)13/h4-7H,13H2,1-3H3. The van der Waals surface area contributed by atoms with Crippen molar-refractivity contribution in [3.63, 3.8) is 0 Å². The Morgan fingerprint density at radius 1 is 1.38 bits per heavy atom. The number of carbonyl (C=O) groups is 1. The van der Waals surface area contributed by atoms with Crippen molar-refractivity contribution in [3.8, 4) is 0 Å². The molecule has 0 aliphatic rings. The Morgan fingerprint density at radius 3 is 2.44 bits per heavy atom. The van der Waals surface area contributed by atoms with Crippen LogP contribution in [0.4, 0.5) is 20.7 Å². The van der Waals surface area contributed by atoms with E-state index >= 15 is 0 Å². The molecule has 0 saturated carbocycles. The molecule has 1 amide bonds. The van der Waals surface area contributed by atoms with Crippen molar-refractivity contribution in [1.29, 1.82) is 0 Å². The fourth-order valence-electron chi connectivity index (χ4n) is 1.07. The molecule has 2 N–H and O–H groups in total. The minimum absolute atomic E-state index is 0.0169. The molecule has 0 bridgehead atoms. The van der Waals surface area contributed by atoms with E-state index in [4.69, 9.17) is 10.5 Å². The van der Waals surface area contributed by atoms with Gasteiger partial charge in [0.2, 0.25) is 0 Å². The van der Waals surface area contributed by atoms with Crippen LogP contribution in [0.3, 0.4) is 0 Å². The van der Waals surface area contributed by atoms with Gasteiger partial charge in [-0.05, 0) is 32.9 Å². The van der Waals surface area contributed by atoms with E-state index in [1.165, 1.54) is 12.1 Å². The Morgan fingerprint density at radius 2 is 1.94 bits per heavy atom.